The molecular weight excluding hydrogens is 176 g/mol. The monoisotopic (exact) mass is 192 g/mol. The summed E-state index contributed by atoms with van der Waals surface area (Å²) in [6.45, 7) is 1.68. The van der Waals surface area contributed by atoms with E-state index in [9.17, 15) is 5.11 Å². The smallest absolute Gasteiger partial charge is 0.0830 e. The molecule has 2 atom stereocenters. The Morgan fingerprint density at radius 1 is 1.29 bits per heavy atom. The first-order valence-corrected chi connectivity index (χ1v) is 4.76. The van der Waals surface area contributed by atoms with Gasteiger partial charge in [-0.1, -0.05) is 49.4 Å². The van der Waals surface area contributed by atoms with Crippen LogP contribution in [-0.4, -0.2) is 22.9 Å². The van der Waals surface area contributed by atoms with E-state index in [0.29, 0.717) is 0 Å². The Kier molecular flexibility index (Phi) is 4.36. The molecule has 0 aromatic heterocycles. The second-order valence-electron chi connectivity index (χ2n) is 3.38. The van der Waals surface area contributed by atoms with Crippen LogP contribution < -0.4 is 0 Å². The zero-order chi connectivity index (χ0) is 10.4. The van der Waals surface area contributed by atoms with Crippen molar-refractivity contribution in [1.82, 2.24) is 0 Å². The summed E-state index contributed by atoms with van der Waals surface area (Å²) in [4.78, 5) is 0. The van der Waals surface area contributed by atoms with Gasteiger partial charge in [0.15, 0.2) is 0 Å². The Bertz CT molecular complexity index is 280. The highest BCUT2D eigenvalue weighted by Crippen LogP contribution is 2.08. The molecule has 0 aliphatic rings. The lowest BCUT2D eigenvalue weighted by molar-refractivity contribution is 0.0687. The van der Waals surface area contributed by atoms with Crippen molar-refractivity contribution in [2.75, 3.05) is 6.61 Å². The zero-order valence-corrected chi connectivity index (χ0v) is 8.30. The van der Waals surface area contributed by atoms with E-state index in [-0.39, 0.29) is 12.5 Å². The summed E-state index contributed by atoms with van der Waals surface area (Å²) in [5.74, 6) is -0.0276. The van der Waals surface area contributed by atoms with Crippen LogP contribution in [0.4, 0.5) is 0 Å². The first-order valence-electron chi connectivity index (χ1n) is 4.76. The fraction of sp³-hybridized carbons (Fsp3) is 0.333. The predicted octanol–water partition coefficient (Wildman–Crippen LogP) is 1.69. The molecule has 0 spiro atoms. The average Bonchev–Trinajstić information content (AvgIpc) is 2.26. The van der Waals surface area contributed by atoms with Crippen LogP contribution in [-0.2, 0) is 0 Å². The maximum absolute atomic E-state index is 9.30. The third-order valence-corrected chi connectivity index (χ3v) is 2.19. The van der Waals surface area contributed by atoms with Crippen LogP contribution in [0.3, 0.4) is 0 Å². The fourth-order valence-electron chi connectivity index (χ4n) is 1.12. The average molecular weight is 192 g/mol. The van der Waals surface area contributed by atoms with Gasteiger partial charge in [0.1, 0.15) is 0 Å². The van der Waals surface area contributed by atoms with Gasteiger partial charge in [0.05, 0.1) is 12.7 Å². The van der Waals surface area contributed by atoms with Crippen molar-refractivity contribution >= 4 is 6.08 Å². The minimum Gasteiger partial charge on any atom is -0.394 e. The molecule has 1 aromatic carbocycles. The number of benzene rings is 1. The molecule has 0 saturated heterocycles. The minimum absolute atomic E-state index is 0.0276. The highest BCUT2D eigenvalue weighted by Gasteiger charge is 2.08. The molecule has 0 fully saturated rings. The van der Waals surface area contributed by atoms with Gasteiger partial charge in [-0.05, 0) is 5.56 Å². The van der Waals surface area contributed by atoms with Crippen LogP contribution in [0.5, 0.6) is 0 Å². The van der Waals surface area contributed by atoms with Crippen LogP contribution in [0.25, 0.3) is 6.08 Å². The molecule has 0 radical (unpaired) electrons. The van der Waals surface area contributed by atoms with E-state index in [1.165, 1.54) is 0 Å². The topological polar surface area (TPSA) is 40.5 Å². The highest BCUT2D eigenvalue weighted by atomic mass is 16.3. The van der Waals surface area contributed by atoms with Crippen molar-refractivity contribution in [3.63, 3.8) is 0 Å². The van der Waals surface area contributed by atoms with Gasteiger partial charge in [-0.25, -0.2) is 0 Å². The molecule has 0 aliphatic carbocycles. The van der Waals surface area contributed by atoms with E-state index < -0.39 is 6.10 Å². The first-order chi connectivity index (χ1) is 6.74. The molecule has 0 aliphatic heterocycles. The predicted molar refractivity (Wildman–Crippen MR) is 57.7 cm³/mol. The normalized spacial score (nSPS) is 15.6. The first kappa shape index (κ1) is 11.0. The number of hydrogen-bond donors (Lipinski definition) is 2. The Morgan fingerprint density at radius 2 is 1.93 bits per heavy atom. The van der Waals surface area contributed by atoms with Gasteiger partial charge in [-0.15, -0.1) is 0 Å². The molecule has 76 valence electrons. The molecular formula is C12H16O2. The number of hydrogen-bond acceptors (Lipinski definition) is 2. The molecule has 14 heavy (non-hydrogen) atoms. The fourth-order valence-corrected chi connectivity index (χ4v) is 1.12. The molecule has 1 unspecified atom stereocenters. The Balaban J connectivity index is 2.56. The van der Waals surface area contributed by atoms with Crippen LogP contribution in [0.15, 0.2) is 36.4 Å². The van der Waals surface area contributed by atoms with E-state index in [0.717, 1.165) is 5.56 Å². The van der Waals surface area contributed by atoms with Crippen LogP contribution in [0.2, 0.25) is 0 Å². The lowest BCUT2D eigenvalue weighted by Crippen LogP contribution is -2.19. The summed E-state index contributed by atoms with van der Waals surface area (Å²) in [6.07, 6.45) is 3.18. The van der Waals surface area contributed by atoms with Gasteiger partial charge in [-0.3, -0.25) is 0 Å². The summed E-state index contributed by atoms with van der Waals surface area (Å²) in [5, 5.41) is 18.0. The third-order valence-electron chi connectivity index (χ3n) is 2.19. The maximum Gasteiger partial charge on any atom is 0.0830 e. The van der Waals surface area contributed by atoms with Crippen molar-refractivity contribution < 1.29 is 10.2 Å². The van der Waals surface area contributed by atoms with Gasteiger partial charge in [0.2, 0.25) is 0 Å². The van der Waals surface area contributed by atoms with Crippen LogP contribution >= 0.6 is 0 Å². The van der Waals surface area contributed by atoms with Crippen molar-refractivity contribution in [2.45, 2.75) is 13.0 Å². The van der Waals surface area contributed by atoms with E-state index in [1.807, 2.05) is 49.4 Å². The van der Waals surface area contributed by atoms with Crippen molar-refractivity contribution in [2.24, 2.45) is 5.92 Å². The number of aliphatic hydroxyl groups excluding tert-OH is 2. The summed E-state index contributed by atoms with van der Waals surface area (Å²) >= 11 is 0. The highest BCUT2D eigenvalue weighted by molar-refractivity contribution is 5.48. The molecule has 0 saturated carbocycles. The van der Waals surface area contributed by atoms with E-state index in [4.69, 9.17) is 5.11 Å². The second-order valence-corrected chi connectivity index (χ2v) is 3.38. The summed E-state index contributed by atoms with van der Waals surface area (Å²) in [7, 11) is 0. The van der Waals surface area contributed by atoms with Crippen molar-refractivity contribution in [1.29, 1.82) is 0 Å². The largest absolute Gasteiger partial charge is 0.394 e. The third kappa shape index (κ3) is 3.32. The van der Waals surface area contributed by atoms with Gasteiger partial charge in [-0.2, -0.15) is 0 Å². The molecule has 1 aromatic rings. The minimum atomic E-state index is -0.671. The number of rotatable bonds is 4. The lowest BCUT2D eigenvalue weighted by atomic mass is 10.0. The molecule has 0 heterocycles. The lowest BCUT2D eigenvalue weighted by Gasteiger charge is -2.11. The van der Waals surface area contributed by atoms with E-state index in [1.54, 1.807) is 0 Å². The SMILES string of the molecule is C[C@@H](/C=C/c1ccccc1)C(O)CO. The molecule has 2 N–H and O–H groups in total. The summed E-state index contributed by atoms with van der Waals surface area (Å²) in [6, 6.07) is 9.88. The molecule has 2 nitrogen and oxygen atoms in total. The molecule has 0 bridgehead atoms. The zero-order valence-electron chi connectivity index (χ0n) is 8.30. The Hall–Kier alpha value is -1.12. The van der Waals surface area contributed by atoms with Gasteiger partial charge < -0.3 is 10.2 Å². The number of aliphatic hydroxyl groups is 2. The maximum atomic E-state index is 9.30. The van der Waals surface area contributed by atoms with E-state index in [2.05, 4.69) is 0 Å². The molecule has 1 rings (SSSR count). The van der Waals surface area contributed by atoms with Gasteiger partial charge in [0.25, 0.3) is 0 Å². The van der Waals surface area contributed by atoms with Crippen LogP contribution in [0, 0.1) is 5.92 Å². The summed E-state index contributed by atoms with van der Waals surface area (Å²) in [5.41, 5.74) is 1.10. The Morgan fingerprint density at radius 3 is 2.50 bits per heavy atom. The quantitative estimate of drug-likeness (QED) is 0.762. The summed E-state index contributed by atoms with van der Waals surface area (Å²) < 4.78 is 0. The van der Waals surface area contributed by atoms with Gasteiger partial charge in [0, 0.05) is 5.92 Å². The van der Waals surface area contributed by atoms with Gasteiger partial charge >= 0.3 is 0 Å². The molecule has 0 amide bonds. The van der Waals surface area contributed by atoms with E-state index >= 15 is 0 Å². The molecule has 2 heteroatoms. The van der Waals surface area contributed by atoms with Crippen molar-refractivity contribution in [3.8, 4) is 0 Å². The standard InChI is InChI=1S/C12H16O2/c1-10(12(14)9-13)7-8-11-5-3-2-4-6-11/h2-8,10,12-14H,9H2,1H3/b8-7+/t10-,12?/m0/s1. The van der Waals surface area contributed by atoms with Crippen molar-refractivity contribution in [3.05, 3.63) is 42.0 Å². The second kappa shape index (κ2) is 5.58. The Labute approximate surface area is 84.5 Å². The van der Waals surface area contributed by atoms with Crippen LogP contribution in [0.1, 0.15) is 12.5 Å².